The van der Waals surface area contributed by atoms with Crippen LogP contribution in [-0.2, 0) is 16.0 Å². The summed E-state index contributed by atoms with van der Waals surface area (Å²) in [5, 5.41) is 2.63. The smallest absolute Gasteiger partial charge is 0.322 e. The van der Waals surface area contributed by atoms with Crippen LogP contribution in [-0.4, -0.2) is 70.0 Å². The highest BCUT2D eigenvalue weighted by molar-refractivity contribution is 8.01. The number of anilines is 1. The number of hydrogen-bond donors (Lipinski definition) is 1. The molecule has 0 saturated carbocycles. The van der Waals surface area contributed by atoms with E-state index in [2.05, 4.69) is 44.3 Å². The van der Waals surface area contributed by atoms with Crippen LogP contribution in [0.2, 0.25) is 0 Å². The van der Waals surface area contributed by atoms with Crippen molar-refractivity contribution < 1.29 is 15.8 Å². The minimum atomic E-state index is -0.365. The number of thioether (sulfide) groups is 1. The molecule has 2 aromatic carbocycles. The Kier molecular flexibility index (Phi) is 8.21. The number of nitrogens with zero attached hydrogens (tertiary/aromatic N) is 3. The molecule has 2 saturated heterocycles. The second kappa shape index (κ2) is 11.6. The molecule has 4 amide bonds. The molecule has 210 valence electrons. The Morgan fingerprint density at radius 3 is 2.41 bits per heavy atom. The number of urea groups is 1. The molecule has 2 unspecified atom stereocenters. The number of hydrogen-bond acceptors (Lipinski definition) is 4. The summed E-state index contributed by atoms with van der Waals surface area (Å²) >= 11 is 1.61. The number of carbonyl (C=O) groups excluding carboxylic acids is 3. The predicted octanol–water partition coefficient (Wildman–Crippen LogP) is 5.78. The number of carbonyl (C=O) groups is 3. The molecule has 2 fully saturated rings. The lowest BCUT2D eigenvalue weighted by Gasteiger charge is -2.38. The number of amides is 4. The van der Waals surface area contributed by atoms with Gasteiger partial charge in [0.25, 0.3) is 0 Å². The van der Waals surface area contributed by atoms with Crippen LogP contribution in [0.3, 0.4) is 0 Å². The number of rotatable bonds is 6. The standard InChI is InChI=1S/C31H40N4O3S.H2/c1-31(2,3)16-20-35-28(37)26(39-29(35)23-10-5-4-6-11-23)21-27(36)33-17-14-24(15-18-33)34-19-13-22-9-7-8-12-25(22)32-30(34)38;/h4-12,24,26,29H,13-21H2,1-3H3,(H,32,38);1H. The van der Waals surface area contributed by atoms with E-state index < -0.39 is 0 Å². The number of benzene rings is 2. The molecule has 8 heteroatoms. The highest BCUT2D eigenvalue weighted by Gasteiger charge is 2.43. The number of nitrogens with one attached hydrogen (secondary N) is 1. The van der Waals surface area contributed by atoms with Gasteiger partial charge in [-0.15, -0.1) is 11.8 Å². The van der Waals surface area contributed by atoms with Gasteiger partial charge in [-0.05, 0) is 48.3 Å². The number of fused-ring (bicyclic) bond motifs is 1. The number of likely N-dealkylation sites (tertiary alicyclic amines) is 1. The lowest BCUT2D eigenvalue weighted by Crippen LogP contribution is -2.50. The molecule has 0 spiro atoms. The average Bonchev–Trinajstić information content (AvgIpc) is 3.12. The van der Waals surface area contributed by atoms with Crippen molar-refractivity contribution in [3.05, 3.63) is 65.7 Å². The fraction of sp³-hybridized carbons (Fsp3) is 0.516. The molecule has 3 aliphatic rings. The third-order valence-corrected chi connectivity index (χ3v) is 9.56. The van der Waals surface area contributed by atoms with Gasteiger partial charge < -0.3 is 20.0 Å². The van der Waals surface area contributed by atoms with Crippen molar-refractivity contribution in [1.29, 1.82) is 0 Å². The summed E-state index contributed by atoms with van der Waals surface area (Å²) in [6.07, 6.45) is 3.47. The summed E-state index contributed by atoms with van der Waals surface area (Å²) in [6, 6.07) is 18.2. The molecular formula is C31H42N4O3S. The second-order valence-corrected chi connectivity index (χ2v) is 13.4. The van der Waals surface area contributed by atoms with Crippen molar-refractivity contribution in [1.82, 2.24) is 14.7 Å². The first-order chi connectivity index (χ1) is 18.7. The van der Waals surface area contributed by atoms with E-state index in [9.17, 15) is 14.4 Å². The van der Waals surface area contributed by atoms with E-state index in [1.165, 1.54) is 0 Å². The summed E-state index contributed by atoms with van der Waals surface area (Å²) in [7, 11) is 0. The first-order valence-electron chi connectivity index (χ1n) is 14.1. The van der Waals surface area contributed by atoms with Crippen LogP contribution in [0.1, 0.15) is 64.4 Å². The van der Waals surface area contributed by atoms with Crippen LogP contribution < -0.4 is 5.32 Å². The zero-order chi connectivity index (χ0) is 27.6. The summed E-state index contributed by atoms with van der Waals surface area (Å²) in [5.41, 5.74) is 3.28. The Morgan fingerprint density at radius 2 is 1.69 bits per heavy atom. The Balaban J connectivity index is 0.00000370. The van der Waals surface area contributed by atoms with Crippen molar-refractivity contribution >= 4 is 35.3 Å². The van der Waals surface area contributed by atoms with Crippen LogP contribution in [0.4, 0.5) is 10.5 Å². The largest absolute Gasteiger partial charge is 0.342 e. The lowest BCUT2D eigenvalue weighted by molar-refractivity contribution is -0.137. The van der Waals surface area contributed by atoms with Gasteiger partial charge >= 0.3 is 6.03 Å². The van der Waals surface area contributed by atoms with Crippen LogP contribution in [0.15, 0.2) is 54.6 Å². The van der Waals surface area contributed by atoms with Gasteiger partial charge in [0, 0.05) is 45.8 Å². The molecule has 0 radical (unpaired) electrons. The highest BCUT2D eigenvalue weighted by Crippen LogP contribution is 2.45. The van der Waals surface area contributed by atoms with Crippen LogP contribution >= 0.6 is 11.8 Å². The van der Waals surface area contributed by atoms with E-state index >= 15 is 0 Å². The molecule has 7 nitrogen and oxygen atoms in total. The van der Waals surface area contributed by atoms with E-state index in [4.69, 9.17) is 0 Å². The normalized spacial score (nSPS) is 22.5. The Bertz CT molecular complexity index is 1200. The summed E-state index contributed by atoms with van der Waals surface area (Å²) in [6.45, 7) is 9.17. The van der Waals surface area contributed by atoms with Gasteiger partial charge in [-0.1, -0.05) is 69.3 Å². The molecular weight excluding hydrogens is 508 g/mol. The molecule has 3 heterocycles. The van der Waals surface area contributed by atoms with Crippen LogP contribution in [0, 0.1) is 5.41 Å². The fourth-order valence-electron chi connectivity index (χ4n) is 5.74. The van der Waals surface area contributed by atoms with Gasteiger partial charge in [-0.25, -0.2) is 4.79 Å². The molecule has 2 atom stereocenters. The molecule has 0 bridgehead atoms. The second-order valence-electron chi connectivity index (χ2n) is 12.1. The van der Waals surface area contributed by atoms with Crippen molar-refractivity contribution in [3.63, 3.8) is 0 Å². The Hall–Kier alpha value is -3.00. The van der Waals surface area contributed by atoms with Gasteiger partial charge in [-0.2, -0.15) is 0 Å². The molecule has 0 aromatic heterocycles. The maximum absolute atomic E-state index is 13.5. The topological polar surface area (TPSA) is 73.0 Å². The molecule has 39 heavy (non-hydrogen) atoms. The van der Waals surface area contributed by atoms with E-state index in [1.54, 1.807) is 11.8 Å². The van der Waals surface area contributed by atoms with Crippen molar-refractivity contribution in [2.24, 2.45) is 5.41 Å². The maximum Gasteiger partial charge on any atom is 0.322 e. The quantitative estimate of drug-likeness (QED) is 0.495. The SMILES string of the molecule is CC(C)(C)CCN1C(=O)C(CC(=O)N2CCC(N3CCc4ccccc4NC3=O)CC2)SC1c1ccccc1.[HH]. The first kappa shape index (κ1) is 27.6. The van der Waals surface area contributed by atoms with Crippen molar-refractivity contribution in [2.45, 2.75) is 69.5 Å². The predicted molar refractivity (Wildman–Crippen MR) is 159 cm³/mol. The molecule has 3 aliphatic heterocycles. The van der Waals surface area contributed by atoms with E-state index in [0.29, 0.717) is 26.2 Å². The van der Waals surface area contributed by atoms with Gasteiger partial charge in [0.2, 0.25) is 11.8 Å². The zero-order valence-electron chi connectivity index (χ0n) is 23.3. The van der Waals surface area contributed by atoms with Crippen molar-refractivity contribution in [3.8, 4) is 0 Å². The summed E-state index contributed by atoms with van der Waals surface area (Å²) in [4.78, 5) is 45.6. The molecule has 5 rings (SSSR count). The van der Waals surface area contributed by atoms with E-state index in [0.717, 1.165) is 42.5 Å². The van der Waals surface area contributed by atoms with E-state index in [1.807, 2.05) is 51.1 Å². The third kappa shape index (κ3) is 6.43. The van der Waals surface area contributed by atoms with Gasteiger partial charge in [0.05, 0.1) is 5.25 Å². The number of para-hydroxylation sites is 1. The van der Waals surface area contributed by atoms with Crippen molar-refractivity contribution in [2.75, 3.05) is 31.5 Å². The van der Waals surface area contributed by atoms with Crippen LogP contribution in [0.5, 0.6) is 0 Å². The van der Waals surface area contributed by atoms with Gasteiger partial charge in [0.15, 0.2) is 0 Å². The molecule has 2 aromatic rings. The average molecular weight is 551 g/mol. The summed E-state index contributed by atoms with van der Waals surface area (Å²) < 4.78 is 0. The lowest BCUT2D eigenvalue weighted by atomic mass is 9.92. The Labute approximate surface area is 237 Å². The number of piperidine rings is 1. The van der Waals surface area contributed by atoms with Gasteiger partial charge in [0.1, 0.15) is 5.37 Å². The summed E-state index contributed by atoms with van der Waals surface area (Å²) in [5.74, 6) is 0.110. The zero-order valence-corrected chi connectivity index (χ0v) is 24.1. The highest BCUT2D eigenvalue weighted by atomic mass is 32.2. The minimum Gasteiger partial charge on any atom is -0.342 e. The Morgan fingerprint density at radius 1 is 1.00 bits per heavy atom. The monoisotopic (exact) mass is 550 g/mol. The first-order valence-corrected chi connectivity index (χ1v) is 15.1. The minimum absolute atomic E-state index is 0. The van der Waals surface area contributed by atoms with E-state index in [-0.39, 0.29) is 47.8 Å². The van der Waals surface area contributed by atoms with Crippen LogP contribution in [0.25, 0.3) is 0 Å². The maximum atomic E-state index is 13.5. The molecule has 1 N–H and O–H groups in total. The third-order valence-electron chi connectivity index (χ3n) is 8.08. The fourth-order valence-corrected chi connectivity index (χ4v) is 7.21. The van der Waals surface area contributed by atoms with Gasteiger partial charge in [-0.3, -0.25) is 9.59 Å². The molecule has 0 aliphatic carbocycles.